The molecule has 1 unspecified atom stereocenters. The average molecular weight is 444 g/mol. The largest absolute Gasteiger partial charge is 0.341 e. The molecule has 28 heavy (non-hydrogen) atoms. The Morgan fingerprint density at radius 3 is 2.32 bits per heavy atom. The maximum Gasteiger partial charge on any atom is 0.341 e. The lowest BCUT2D eigenvalue weighted by Gasteiger charge is -2.24. The first kappa shape index (κ1) is 23.0. The van der Waals surface area contributed by atoms with Crippen LogP contribution < -0.4 is 5.48 Å². The van der Waals surface area contributed by atoms with Gasteiger partial charge in [-0.3, -0.25) is 14.9 Å². The Bertz CT molecular complexity index is 807. The Kier molecular flexibility index (Phi) is 9.52. The van der Waals surface area contributed by atoms with Crippen LogP contribution in [0.3, 0.4) is 0 Å². The van der Waals surface area contributed by atoms with Crippen molar-refractivity contribution >= 4 is 30.8 Å². The summed E-state index contributed by atoms with van der Waals surface area (Å²) in [5.74, 6) is 0. The SMILES string of the molecule is CCOP(=O)(OCC)C(C=CNOCc1ccccc1)c1ccc(Cl)c(Cl)c1. The van der Waals surface area contributed by atoms with E-state index in [1.807, 2.05) is 30.3 Å². The number of nitrogens with one attached hydrogen (secondary N) is 1. The summed E-state index contributed by atoms with van der Waals surface area (Å²) >= 11 is 12.2. The Morgan fingerprint density at radius 1 is 1.04 bits per heavy atom. The number of hydroxylamine groups is 1. The summed E-state index contributed by atoms with van der Waals surface area (Å²) in [6.07, 6.45) is 3.25. The third-order valence-electron chi connectivity index (χ3n) is 3.76. The minimum atomic E-state index is -3.48. The van der Waals surface area contributed by atoms with Gasteiger partial charge < -0.3 is 9.05 Å². The van der Waals surface area contributed by atoms with Crippen molar-refractivity contribution in [3.63, 3.8) is 0 Å². The highest BCUT2D eigenvalue weighted by Crippen LogP contribution is 2.61. The van der Waals surface area contributed by atoms with Crippen molar-refractivity contribution in [3.8, 4) is 0 Å². The fourth-order valence-electron chi connectivity index (χ4n) is 2.53. The predicted octanol–water partition coefficient (Wildman–Crippen LogP) is 6.54. The van der Waals surface area contributed by atoms with Gasteiger partial charge >= 0.3 is 7.60 Å². The second-order valence-corrected chi connectivity index (χ2v) is 8.71. The molecule has 2 aromatic rings. The highest BCUT2D eigenvalue weighted by atomic mass is 35.5. The molecule has 0 bridgehead atoms. The summed E-state index contributed by atoms with van der Waals surface area (Å²) in [6, 6.07) is 14.8. The van der Waals surface area contributed by atoms with Crippen molar-refractivity contribution in [2.24, 2.45) is 0 Å². The zero-order valence-corrected chi connectivity index (χ0v) is 18.2. The third kappa shape index (κ3) is 6.63. The van der Waals surface area contributed by atoms with Crippen LogP contribution >= 0.6 is 30.8 Å². The molecule has 0 saturated carbocycles. The topological polar surface area (TPSA) is 56.8 Å². The molecule has 0 heterocycles. The van der Waals surface area contributed by atoms with Gasteiger partial charge in [-0.15, -0.1) is 0 Å². The Morgan fingerprint density at radius 2 is 1.71 bits per heavy atom. The van der Waals surface area contributed by atoms with Gasteiger partial charge in [-0.05, 0) is 43.2 Å². The van der Waals surface area contributed by atoms with E-state index in [-0.39, 0.29) is 13.2 Å². The van der Waals surface area contributed by atoms with Crippen LogP contribution in [0.1, 0.15) is 30.6 Å². The highest BCUT2D eigenvalue weighted by molar-refractivity contribution is 7.54. The van der Waals surface area contributed by atoms with Gasteiger partial charge in [-0.2, -0.15) is 0 Å². The molecular weight excluding hydrogens is 420 g/mol. The van der Waals surface area contributed by atoms with E-state index in [1.165, 1.54) is 0 Å². The van der Waals surface area contributed by atoms with Gasteiger partial charge in [0.25, 0.3) is 0 Å². The predicted molar refractivity (Wildman–Crippen MR) is 114 cm³/mol. The van der Waals surface area contributed by atoms with Crippen LogP contribution in [0.2, 0.25) is 10.0 Å². The van der Waals surface area contributed by atoms with E-state index in [9.17, 15) is 4.57 Å². The van der Waals surface area contributed by atoms with Crippen LogP contribution in [0.25, 0.3) is 0 Å². The zero-order valence-electron chi connectivity index (χ0n) is 15.8. The van der Waals surface area contributed by atoms with E-state index >= 15 is 0 Å². The molecule has 0 aromatic heterocycles. The van der Waals surface area contributed by atoms with Gasteiger partial charge in [0.1, 0.15) is 5.66 Å². The molecule has 0 aliphatic carbocycles. The van der Waals surface area contributed by atoms with Crippen molar-refractivity contribution in [1.29, 1.82) is 0 Å². The van der Waals surface area contributed by atoms with E-state index in [1.54, 1.807) is 44.3 Å². The van der Waals surface area contributed by atoms with Crippen LogP contribution in [0, 0.1) is 0 Å². The highest BCUT2D eigenvalue weighted by Gasteiger charge is 2.35. The normalized spacial score (nSPS) is 13.0. The molecule has 0 amide bonds. The first-order valence-electron chi connectivity index (χ1n) is 8.91. The molecular formula is C20H24Cl2NO4P. The van der Waals surface area contributed by atoms with E-state index in [0.717, 1.165) is 5.56 Å². The van der Waals surface area contributed by atoms with Crippen molar-refractivity contribution in [2.45, 2.75) is 26.1 Å². The molecule has 8 heteroatoms. The van der Waals surface area contributed by atoms with Crippen molar-refractivity contribution < 1.29 is 18.5 Å². The minimum Gasteiger partial charge on any atom is -0.308 e. The van der Waals surface area contributed by atoms with Crippen molar-refractivity contribution in [3.05, 3.63) is 82.0 Å². The lowest BCUT2D eigenvalue weighted by molar-refractivity contribution is 0.0574. The fourth-order valence-corrected chi connectivity index (χ4v) is 4.78. The fraction of sp³-hybridized carbons (Fsp3) is 0.300. The number of rotatable bonds is 11. The summed E-state index contributed by atoms with van der Waals surface area (Å²) in [5, 5.41) is 0.783. The smallest absolute Gasteiger partial charge is 0.308 e. The van der Waals surface area contributed by atoms with E-state index < -0.39 is 13.3 Å². The Labute approximate surface area is 176 Å². The van der Waals surface area contributed by atoms with Gasteiger partial charge in [-0.1, -0.05) is 59.6 Å². The van der Waals surface area contributed by atoms with Gasteiger partial charge in [0.05, 0.1) is 29.9 Å². The molecule has 2 rings (SSSR count). The molecule has 152 valence electrons. The molecule has 1 N–H and O–H groups in total. The number of allylic oxidation sites excluding steroid dienone is 1. The van der Waals surface area contributed by atoms with Crippen LogP contribution in [0.4, 0.5) is 0 Å². The molecule has 5 nitrogen and oxygen atoms in total. The van der Waals surface area contributed by atoms with Crippen molar-refractivity contribution in [1.82, 2.24) is 5.48 Å². The monoisotopic (exact) mass is 443 g/mol. The second-order valence-electron chi connectivity index (χ2n) is 5.75. The lowest BCUT2D eigenvalue weighted by atomic mass is 10.1. The molecule has 0 spiro atoms. The maximum atomic E-state index is 13.4. The molecule has 0 aliphatic rings. The van der Waals surface area contributed by atoms with Gasteiger partial charge in [-0.25, -0.2) is 0 Å². The molecule has 2 aromatic carbocycles. The van der Waals surface area contributed by atoms with Gasteiger partial charge in [0, 0.05) is 6.20 Å². The van der Waals surface area contributed by atoms with Gasteiger partial charge in [0.15, 0.2) is 0 Å². The second kappa shape index (κ2) is 11.6. The first-order valence-corrected chi connectivity index (χ1v) is 11.3. The summed E-state index contributed by atoms with van der Waals surface area (Å²) in [6.45, 7) is 4.42. The quantitative estimate of drug-likeness (QED) is 0.242. The lowest BCUT2D eigenvalue weighted by Crippen LogP contribution is -2.09. The van der Waals surface area contributed by atoms with Gasteiger partial charge in [0.2, 0.25) is 0 Å². The van der Waals surface area contributed by atoms with Crippen LogP contribution in [0.15, 0.2) is 60.8 Å². The summed E-state index contributed by atoms with van der Waals surface area (Å²) in [7, 11) is -3.48. The molecule has 0 saturated heterocycles. The number of benzene rings is 2. The Hall–Kier alpha value is -1.33. The molecule has 0 aliphatic heterocycles. The molecule has 0 radical (unpaired) electrons. The van der Waals surface area contributed by atoms with Crippen LogP contribution in [-0.4, -0.2) is 13.2 Å². The molecule has 1 atom stereocenters. The summed E-state index contributed by atoms with van der Waals surface area (Å²) in [4.78, 5) is 5.43. The number of hydrogen-bond donors (Lipinski definition) is 1. The van der Waals surface area contributed by atoms with E-state index in [2.05, 4.69) is 5.48 Å². The van der Waals surface area contributed by atoms with Crippen molar-refractivity contribution in [2.75, 3.05) is 13.2 Å². The third-order valence-corrected chi connectivity index (χ3v) is 6.88. The summed E-state index contributed by atoms with van der Waals surface area (Å²) < 4.78 is 24.4. The average Bonchev–Trinajstić information content (AvgIpc) is 2.68. The zero-order chi connectivity index (χ0) is 20.4. The number of halogens is 2. The Balaban J connectivity index is 2.17. The standard InChI is InChI=1S/C20H24Cl2NO4P/c1-3-26-28(24,27-4-2)20(17-10-11-18(21)19(22)14-17)12-13-23-25-15-16-8-6-5-7-9-16/h5-14,20,23H,3-4,15H2,1-2H3. The molecule has 0 fully saturated rings. The minimum absolute atomic E-state index is 0.251. The first-order chi connectivity index (χ1) is 13.5. The maximum absolute atomic E-state index is 13.4. The number of hydrogen-bond acceptors (Lipinski definition) is 5. The van der Waals surface area contributed by atoms with E-state index in [0.29, 0.717) is 22.2 Å². The van der Waals surface area contributed by atoms with E-state index in [4.69, 9.17) is 37.1 Å². The summed E-state index contributed by atoms with van der Waals surface area (Å²) in [5.41, 5.74) is 3.77. The van der Waals surface area contributed by atoms with Crippen LogP contribution in [0.5, 0.6) is 0 Å². The van der Waals surface area contributed by atoms with Crippen LogP contribution in [-0.2, 0) is 25.1 Å².